The van der Waals surface area contributed by atoms with Gasteiger partial charge in [-0.1, -0.05) is 0 Å². The van der Waals surface area contributed by atoms with Crippen LogP contribution in [0.1, 0.15) is 89.9 Å². The van der Waals surface area contributed by atoms with E-state index in [0.717, 1.165) is 32.1 Å². The maximum absolute atomic E-state index is 14.4. The molecule has 15 rings (SSSR count). The number of alkyl halides is 8. The third kappa shape index (κ3) is 5.79. The molecular weight excluding hydrogens is 856 g/mol. The Morgan fingerprint density at radius 3 is 1.37 bits per heavy atom. The van der Waals surface area contributed by atoms with Crippen LogP contribution in [-0.2, 0) is 52.3 Å². The standard InChI is InChI=1S/C44H52F8O11/c45-38(46)17-58-42(59-18-39(38,47)48)27-6-23-7-28(42)12-36(9-23,11-27)34(54)56-15-31-32(63-43(62-31)25-2-21-1-22(4-25)5-26(43)3-21)16-57-35(55)37-10-24-8-29(13-37)44(30(14-37)33(24)53)60-19-40(49,50)41(51,52)20-61-44/h21-32H,1-20H2. The van der Waals surface area contributed by atoms with Crippen molar-refractivity contribution in [2.75, 3.05) is 39.6 Å². The molecule has 15 aliphatic rings. The number of carbonyl (C=O) groups excluding carboxylic acids is 3. The Kier molecular flexibility index (Phi) is 8.89. The molecular formula is C44H52F8O11. The zero-order chi connectivity index (χ0) is 44.0. The van der Waals surface area contributed by atoms with E-state index in [2.05, 4.69) is 0 Å². The van der Waals surface area contributed by atoms with E-state index in [1.807, 2.05) is 0 Å². The van der Waals surface area contributed by atoms with Gasteiger partial charge in [0.25, 0.3) is 0 Å². The second-order valence-corrected chi connectivity index (χ2v) is 22.1. The molecule has 8 unspecified atom stereocenters. The van der Waals surface area contributed by atoms with Crippen molar-refractivity contribution in [3.05, 3.63) is 0 Å². The number of Topliss-reactive ketones (excluding diaryl/α,β-unsaturated/α-hetero) is 1. The molecule has 12 bridgehead atoms. The zero-order valence-corrected chi connectivity index (χ0v) is 34.6. The minimum atomic E-state index is -4.52. The van der Waals surface area contributed by atoms with E-state index >= 15 is 0 Å². The Morgan fingerprint density at radius 1 is 0.476 bits per heavy atom. The van der Waals surface area contributed by atoms with Crippen LogP contribution in [0.3, 0.4) is 0 Å². The monoisotopic (exact) mass is 908 g/mol. The van der Waals surface area contributed by atoms with Gasteiger partial charge in [-0.3, -0.25) is 14.4 Å². The average molecular weight is 909 g/mol. The van der Waals surface area contributed by atoms with Gasteiger partial charge < -0.3 is 37.9 Å². The molecule has 0 aromatic carbocycles. The van der Waals surface area contributed by atoms with E-state index in [-0.39, 0.29) is 75.3 Å². The Morgan fingerprint density at radius 2 is 0.889 bits per heavy atom. The van der Waals surface area contributed by atoms with Gasteiger partial charge >= 0.3 is 35.6 Å². The molecule has 0 N–H and O–H groups in total. The van der Waals surface area contributed by atoms with Crippen molar-refractivity contribution >= 4 is 17.7 Å². The highest BCUT2D eigenvalue weighted by atomic mass is 19.3. The summed E-state index contributed by atoms with van der Waals surface area (Å²) < 4.78 is 164. The first kappa shape index (κ1) is 42.2. The van der Waals surface area contributed by atoms with E-state index < -0.39 is 132 Å². The van der Waals surface area contributed by atoms with Gasteiger partial charge in [-0.15, -0.1) is 0 Å². The zero-order valence-electron chi connectivity index (χ0n) is 34.6. The van der Waals surface area contributed by atoms with Gasteiger partial charge in [-0.05, 0) is 108 Å². The molecule has 12 aliphatic carbocycles. The van der Waals surface area contributed by atoms with Crippen LogP contribution in [0.15, 0.2) is 0 Å². The summed E-state index contributed by atoms with van der Waals surface area (Å²) in [4.78, 5) is 42.2. The quantitative estimate of drug-likeness (QED) is 0.205. The van der Waals surface area contributed by atoms with Crippen LogP contribution in [-0.4, -0.2) is 111 Å². The van der Waals surface area contributed by atoms with Gasteiger partial charge in [0.2, 0.25) is 0 Å². The lowest BCUT2D eigenvalue weighted by molar-refractivity contribution is -0.346. The molecule has 3 spiro atoms. The Bertz CT molecular complexity index is 1880. The summed E-state index contributed by atoms with van der Waals surface area (Å²) in [5.74, 6) is -26.5. The summed E-state index contributed by atoms with van der Waals surface area (Å²) in [6.45, 7) is -6.77. The highest BCUT2D eigenvalue weighted by Crippen LogP contribution is 2.68. The first-order chi connectivity index (χ1) is 29.6. The van der Waals surface area contributed by atoms with Gasteiger partial charge in [0.05, 0.1) is 16.7 Å². The van der Waals surface area contributed by atoms with Crippen LogP contribution in [0.25, 0.3) is 0 Å². The van der Waals surface area contributed by atoms with E-state index in [0.29, 0.717) is 31.1 Å². The molecule has 19 heteroatoms. The van der Waals surface area contributed by atoms with Crippen molar-refractivity contribution in [2.45, 2.75) is 143 Å². The second-order valence-electron chi connectivity index (χ2n) is 22.1. The maximum atomic E-state index is 14.4. The molecule has 3 heterocycles. The summed E-state index contributed by atoms with van der Waals surface area (Å²) in [7, 11) is 0. The predicted molar refractivity (Wildman–Crippen MR) is 193 cm³/mol. The number of rotatable bonds is 6. The molecule has 8 atom stereocenters. The number of hydrogen-bond acceptors (Lipinski definition) is 11. The van der Waals surface area contributed by atoms with E-state index in [9.17, 15) is 49.5 Å². The minimum absolute atomic E-state index is 0.0176. The van der Waals surface area contributed by atoms with Crippen molar-refractivity contribution in [2.24, 2.45) is 70.0 Å². The fourth-order valence-corrected chi connectivity index (χ4v) is 16.1. The second kappa shape index (κ2) is 13.3. The van der Waals surface area contributed by atoms with Crippen LogP contribution in [0.2, 0.25) is 0 Å². The third-order valence-corrected chi connectivity index (χ3v) is 18.5. The number of hydrogen-bond donors (Lipinski definition) is 0. The minimum Gasteiger partial charge on any atom is -0.462 e. The lowest BCUT2D eigenvalue weighted by Gasteiger charge is -2.62. The Balaban J connectivity index is 0.760. The molecule has 350 valence electrons. The first-order valence-electron chi connectivity index (χ1n) is 22.9. The van der Waals surface area contributed by atoms with E-state index in [1.54, 1.807) is 0 Å². The Labute approximate surface area is 357 Å². The van der Waals surface area contributed by atoms with E-state index in [1.165, 1.54) is 0 Å². The van der Waals surface area contributed by atoms with Crippen molar-refractivity contribution < 1.29 is 87.4 Å². The molecule has 12 saturated carbocycles. The highest BCUT2D eigenvalue weighted by molar-refractivity contribution is 5.91. The maximum Gasteiger partial charge on any atom is 0.335 e. The molecule has 0 aromatic rings. The summed E-state index contributed by atoms with van der Waals surface area (Å²) in [6.07, 6.45) is 4.98. The molecule has 0 radical (unpaired) electrons. The van der Waals surface area contributed by atoms with Gasteiger partial charge in [-0.25, -0.2) is 0 Å². The SMILES string of the molecule is O=C1C2CC3CC(C(=O)OCC4OC5(OC4COC(=O)C46CC7CC(C4)C4(OCC(F)(F)C(F)(F)CO4)C(C7)C6)C4CC6CC(C4)CC5C6)(C2)CC1C31OCC(F)(F)C(F)(F)CO1. The van der Waals surface area contributed by atoms with Gasteiger partial charge in [-0.2, -0.15) is 35.1 Å². The van der Waals surface area contributed by atoms with Crippen molar-refractivity contribution in [3.63, 3.8) is 0 Å². The van der Waals surface area contributed by atoms with Gasteiger partial charge in [0.1, 0.15) is 57.6 Å². The van der Waals surface area contributed by atoms with Crippen LogP contribution < -0.4 is 0 Å². The van der Waals surface area contributed by atoms with Crippen LogP contribution in [0, 0.1) is 70.0 Å². The number of halogens is 8. The fraction of sp³-hybridized carbons (Fsp3) is 0.932. The van der Waals surface area contributed by atoms with Crippen LogP contribution in [0.5, 0.6) is 0 Å². The fourth-order valence-electron chi connectivity index (χ4n) is 16.1. The smallest absolute Gasteiger partial charge is 0.335 e. The summed E-state index contributed by atoms with van der Waals surface area (Å²) >= 11 is 0. The predicted octanol–water partition coefficient (Wildman–Crippen LogP) is 6.87. The summed E-state index contributed by atoms with van der Waals surface area (Å²) in [5, 5.41) is 0. The molecule has 15 fully saturated rings. The molecule has 63 heavy (non-hydrogen) atoms. The summed E-state index contributed by atoms with van der Waals surface area (Å²) in [5.41, 5.74) is -2.24. The van der Waals surface area contributed by atoms with Gasteiger partial charge in [0.15, 0.2) is 17.4 Å². The number of ketones is 1. The largest absolute Gasteiger partial charge is 0.462 e. The van der Waals surface area contributed by atoms with Crippen molar-refractivity contribution in [1.29, 1.82) is 0 Å². The molecule has 0 amide bonds. The first-order valence-corrected chi connectivity index (χ1v) is 22.9. The number of esters is 2. The van der Waals surface area contributed by atoms with E-state index in [4.69, 9.17) is 37.9 Å². The molecule has 0 aromatic heterocycles. The van der Waals surface area contributed by atoms with Crippen molar-refractivity contribution in [1.82, 2.24) is 0 Å². The van der Waals surface area contributed by atoms with Gasteiger partial charge in [0, 0.05) is 35.5 Å². The third-order valence-electron chi connectivity index (χ3n) is 18.5. The highest BCUT2D eigenvalue weighted by Gasteiger charge is 2.74. The van der Waals surface area contributed by atoms with Crippen molar-refractivity contribution in [3.8, 4) is 0 Å². The molecule has 3 aliphatic heterocycles. The number of ether oxygens (including phenoxy) is 8. The molecule has 3 saturated heterocycles. The topological polar surface area (TPSA) is 125 Å². The lowest BCUT2D eigenvalue weighted by atomic mass is 9.46. The molecule has 11 nitrogen and oxygen atoms in total. The normalized spacial score (nSPS) is 50.3. The number of carbonyl (C=O) groups is 3. The summed E-state index contributed by atoms with van der Waals surface area (Å²) in [6, 6.07) is 0. The van der Waals surface area contributed by atoms with Crippen LogP contribution in [0.4, 0.5) is 35.1 Å². The average Bonchev–Trinajstić information content (AvgIpc) is 3.51. The Hall–Kier alpha value is -2.19. The lowest BCUT2D eigenvalue weighted by Crippen LogP contribution is -2.68. The van der Waals surface area contributed by atoms with Crippen LogP contribution >= 0.6 is 0 Å².